The van der Waals surface area contributed by atoms with Crippen LogP contribution < -0.4 is 29.0 Å². The van der Waals surface area contributed by atoms with Gasteiger partial charge in [-0.2, -0.15) is 0 Å². The first kappa shape index (κ1) is 29.6. The van der Waals surface area contributed by atoms with Crippen LogP contribution in [-0.2, 0) is 11.2 Å². The van der Waals surface area contributed by atoms with Crippen molar-refractivity contribution in [2.75, 3.05) is 48.1 Å². The van der Waals surface area contributed by atoms with Crippen molar-refractivity contribution in [2.24, 2.45) is 0 Å². The smallest absolute Gasteiger partial charge is 0.254 e. The molecule has 0 radical (unpaired) electrons. The molecular formula is C32H38N2O7. The number of hydrogen-bond acceptors (Lipinski definition) is 7. The summed E-state index contributed by atoms with van der Waals surface area (Å²) in [6, 6.07) is 16.1. The van der Waals surface area contributed by atoms with E-state index in [1.54, 1.807) is 31.2 Å². The molecule has 1 N–H and O–H groups in total. The molecule has 3 aromatic carbocycles. The Morgan fingerprint density at radius 1 is 0.829 bits per heavy atom. The average molecular weight is 563 g/mol. The Hall–Kier alpha value is -4.40. The van der Waals surface area contributed by atoms with Gasteiger partial charge in [0.15, 0.2) is 23.0 Å². The van der Waals surface area contributed by atoms with Crippen molar-refractivity contribution in [1.29, 1.82) is 0 Å². The molecular weight excluding hydrogens is 524 g/mol. The summed E-state index contributed by atoms with van der Waals surface area (Å²) >= 11 is 0. The summed E-state index contributed by atoms with van der Waals surface area (Å²) in [4.78, 5) is 29.2. The second-order valence-corrected chi connectivity index (χ2v) is 9.59. The van der Waals surface area contributed by atoms with Gasteiger partial charge in [0, 0.05) is 19.2 Å². The highest BCUT2D eigenvalue weighted by atomic mass is 16.5. The van der Waals surface area contributed by atoms with Gasteiger partial charge in [0.25, 0.3) is 5.91 Å². The highest BCUT2D eigenvalue weighted by Gasteiger charge is 2.43. The van der Waals surface area contributed by atoms with Gasteiger partial charge in [0.05, 0.1) is 46.5 Å². The van der Waals surface area contributed by atoms with E-state index < -0.39 is 12.0 Å². The Labute approximate surface area is 241 Å². The first-order valence-corrected chi connectivity index (χ1v) is 13.7. The third-order valence-corrected chi connectivity index (χ3v) is 7.24. The number of likely N-dealkylation sites (N-methyl/N-ethyl adjacent to an activating group) is 1. The number of rotatable bonds is 12. The second kappa shape index (κ2) is 13.3. The molecule has 9 heteroatoms. The van der Waals surface area contributed by atoms with Crippen LogP contribution in [0, 0.1) is 0 Å². The number of carbonyl (C=O) groups excluding carboxylic acids is 2. The fourth-order valence-electron chi connectivity index (χ4n) is 5.24. The third-order valence-electron chi connectivity index (χ3n) is 7.24. The van der Waals surface area contributed by atoms with Crippen LogP contribution in [0.15, 0.2) is 54.6 Å². The SMILES string of the molecule is CCOc1ccc(CCNC(=O)C2c3cc(OC)c(OC)cc3C(=O)N(C)C2c2ccc(OC)cc2)cc1OCC. The predicted octanol–water partition coefficient (Wildman–Crippen LogP) is 4.78. The van der Waals surface area contributed by atoms with E-state index in [4.69, 9.17) is 23.7 Å². The molecule has 218 valence electrons. The quantitative estimate of drug-likeness (QED) is 0.340. The van der Waals surface area contributed by atoms with E-state index in [-0.39, 0.29) is 11.8 Å². The van der Waals surface area contributed by atoms with Crippen molar-refractivity contribution >= 4 is 11.8 Å². The van der Waals surface area contributed by atoms with Crippen molar-refractivity contribution in [3.63, 3.8) is 0 Å². The monoisotopic (exact) mass is 562 g/mol. The molecule has 0 spiro atoms. The zero-order valence-electron chi connectivity index (χ0n) is 24.5. The second-order valence-electron chi connectivity index (χ2n) is 9.59. The molecule has 41 heavy (non-hydrogen) atoms. The van der Waals surface area contributed by atoms with Gasteiger partial charge in [-0.1, -0.05) is 18.2 Å². The Bertz CT molecular complexity index is 1370. The van der Waals surface area contributed by atoms with Gasteiger partial charge >= 0.3 is 0 Å². The highest BCUT2D eigenvalue weighted by molar-refractivity contribution is 6.02. The van der Waals surface area contributed by atoms with E-state index in [0.29, 0.717) is 66.1 Å². The highest BCUT2D eigenvalue weighted by Crippen LogP contribution is 2.45. The van der Waals surface area contributed by atoms with Crippen molar-refractivity contribution < 1.29 is 33.3 Å². The number of ether oxygens (including phenoxy) is 5. The van der Waals surface area contributed by atoms with E-state index in [2.05, 4.69) is 5.32 Å². The van der Waals surface area contributed by atoms with Crippen molar-refractivity contribution in [3.05, 3.63) is 76.9 Å². The lowest BCUT2D eigenvalue weighted by Crippen LogP contribution is -2.46. The topological polar surface area (TPSA) is 95.6 Å². The molecule has 4 rings (SSSR count). The van der Waals surface area contributed by atoms with E-state index >= 15 is 0 Å². The fourth-order valence-corrected chi connectivity index (χ4v) is 5.24. The summed E-state index contributed by atoms with van der Waals surface area (Å²) in [5, 5.41) is 3.11. The molecule has 1 heterocycles. The summed E-state index contributed by atoms with van der Waals surface area (Å²) in [6.07, 6.45) is 0.589. The summed E-state index contributed by atoms with van der Waals surface area (Å²) in [7, 11) is 6.36. The van der Waals surface area contributed by atoms with Gasteiger partial charge in [-0.25, -0.2) is 0 Å². The molecule has 1 aliphatic rings. The van der Waals surface area contributed by atoms with E-state index in [9.17, 15) is 9.59 Å². The summed E-state index contributed by atoms with van der Waals surface area (Å²) in [5.41, 5.74) is 2.81. The largest absolute Gasteiger partial charge is 0.497 e. The van der Waals surface area contributed by atoms with Gasteiger partial charge in [-0.3, -0.25) is 9.59 Å². The van der Waals surface area contributed by atoms with Crippen LogP contribution in [0.25, 0.3) is 0 Å². The Morgan fingerprint density at radius 2 is 1.49 bits per heavy atom. The number of benzene rings is 3. The van der Waals surface area contributed by atoms with Gasteiger partial charge in [0.1, 0.15) is 5.75 Å². The lowest BCUT2D eigenvalue weighted by Gasteiger charge is -2.40. The summed E-state index contributed by atoms with van der Waals surface area (Å²) in [5.74, 6) is 1.84. The molecule has 0 saturated carbocycles. The molecule has 0 saturated heterocycles. The molecule has 0 aliphatic carbocycles. The van der Waals surface area contributed by atoms with Gasteiger partial charge in [-0.15, -0.1) is 0 Å². The lowest BCUT2D eigenvalue weighted by atomic mass is 9.79. The van der Waals surface area contributed by atoms with Crippen molar-refractivity contribution in [3.8, 4) is 28.7 Å². The molecule has 0 bridgehead atoms. The maximum absolute atomic E-state index is 14.0. The minimum Gasteiger partial charge on any atom is -0.497 e. The summed E-state index contributed by atoms with van der Waals surface area (Å²) in [6.45, 7) is 5.31. The number of nitrogens with one attached hydrogen (secondary N) is 1. The molecule has 9 nitrogen and oxygen atoms in total. The van der Waals surface area contributed by atoms with Gasteiger partial charge in [0.2, 0.25) is 5.91 Å². The maximum Gasteiger partial charge on any atom is 0.254 e. The van der Waals surface area contributed by atoms with Crippen LogP contribution in [0.3, 0.4) is 0 Å². The molecule has 3 aromatic rings. The van der Waals surface area contributed by atoms with E-state index in [1.165, 1.54) is 14.2 Å². The minimum atomic E-state index is -0.694. The van der Waals surface area contributed by atoms with E-state index in [1.807, 2.05) is 56.3 Å². The Kier molecular flexibility index (Phi) is 9.60. The zero-order chi connectivity index (χ0) is 29.5. The Balaban J connectivity index is 1.66. The number of carbonyl (C=O) groups is 2. The first-order chi connectivity index (χ1) is 19.9. The predicted molar refractivity (Wildman–Crippen MR) is 156 cm³/mol. The van der Waals surface area contributed by atoms with Gasteiger partial charge in [-0.05, 0) is 73.4 Å². The maximum atomic E-state index is 14.0. The molecule has 0 aromatic heterocycles. The van der Waals surface area contributed by atoms with Crippen LogP contribution in [0.5, 0.6) is 28.7 Å². The van der Waals surface area contributed by atoms with Gasteiger partial charge < -0.3 is 33.9 Å². The average Bonchev–Trinajstić information content (AvgIpc) is 2.99. The van der Waals surface area contributed by atoms with Crippen molar-refractivity contribution in [1.82, 2.24) is 10.2 Å². The zero-order valence-corrected chi connectivity index (χ0v) is 24.5. The third kappa shape index (κ3) is 6.19. The van der Waals surface area contributed by atoms with Crippen molar-refractivity contribution in [2.45, 2.75) is 32.2 Å². The lowest BCUT2D eigenvalue weighted by molar-refractivity contribution is -0.124. The van der Waals surface area contributed by atoms with Crippen LogP contribution in [0.4, 0.5) is 0 Å². The summed E-state index contributed by atoms with van der Waals surface area (Å²) < 4.78 is 27.7. The Morgan fingerprint density at radius 3 is 2.12 bits per heavy atom. The van der Waals surface area contributed by atoms with Crippen LogP contribution >= 0.6 is 0 Å². The number of amides is 2. The minimum absolute atomic E-state index is 0.199. The molecule has 0 fully saturated rings. The van der Waals surface area contributed by atoms with Crippen LogP contribution in [-0.4, -0.2) is 64.8 Å². The molecule has 2 atom stereocenters. The van der Waals surface area contributed by atoms with Crippen LogP contribution in [0.1, 0.15) is 52.9 Å². The number of fused-ring (bicyclic) bond motifs is 1. The molecule has 2 unspecified atom stereocenters. The normalized spacial score (nSPS) is 16.0. The fraction of sp³-hybridized carbons (Fsp3) is 0.375. The molecule has 1 aliphatic heterocycles. The standard InChI is InChI=1S/C32H38N2O7/c1-7-40-25-14-9-20(17-28(25)41-8-2)15-16-33-31(35)29-23-18-26(38-5)27(39-6)19-24(23)32(36)34(3)30(29)21-10-12-22(37-4)13-11-21/h9-14,17-19,29-30H,7-8,15-16H2,1-6H3,(H,33,35). The number of methoxy groups -OCH3 is 3. The molecule has 2 amide bonds. The number of nitrogens with zero attached hydrogens (tertiary/aromatic N) is 1. The van der Waals surface area contributed by atoms with Crippen LogP contribution in [0.2, 0.25) is 0 Å². The first-order valence-electron chi connectivity index (χ1n) is 13.7. The number of hydrogen-bond donors (Lipinski definition) is 1. The van der Waals surface area contributed by atoms with E-state index in [0.717, 1.165) is 11.1 Å².